The van der Waals surface area contributed by atoms with Crippen LogP contribution in [0, 0.1) is 0 Å². The fourth-order valence-electron chi connectivity index (χ4n) is 8.85. The van der Waals surface area contributed by atoms with Gasteiger partial charge in [-0.25, -0.2) is 0 Å². The molecule has 0 atom stereocenters. The predicted octanol–water partition coefficient (Wildman–Crippen LogP) is 13.7. The van der Waals surface area contributed by atoms with Gasteiger partial charge >= 0.3 is 0 Å². The van der Waals surface area contributed by atoms with Gasteiger partial charge in [0.15, 0.2) is 0 Å². The highest BCUT2D eigenvalue weighted by molar-refractivity contribution is 6.29. The second-order valence-electron chi connectivity index (χ2n) is 13.6. The molecule has 0 saturated heterocycles. The van der Waals surface area contributed by atoms with Gasteiger partial charge in [-0.3, -0.25) is 0 Å². The Labute approximate surface area is 296 Å². The van der Waals surface area contributed by atoms with E-state index >= 15 is 0 Å². The molecule has 0 fully saturated rings. The maximum Gasteiger partial charge on any atom is 0.0547 e. The number of benzene rings is 9. The highest BCUT2D eigenvalue weighted by Crippen LogP contribution is 2.58. The van der Waals surface area contributed by atoms with Crippen molar-refractivity contribution in [3.05, 3.63) is 188 Å². The molecule has 236 valence electrons. The minimum atomic E-state index is 1.17. The highest BCUT2D eigenvalue weighted by Gasteiger charge is 2.31. The van der Waals surface area contributed by atoms with E-state index in [9.17, 15) is 0 Å². The van der Waals surface area contributed by atoms with E-state index in [4.69, 9.17) is 0 Å². The van der Waals surface area contributed by atoms with E-state index < -0.39 is 0 Å². The van der Waals surface area contributed by atoms with Crippen molar-refractivity contribution in [2.75, 3.05) is 0 Å². The van der Waals surface area contributed by atoms with Crippen LogP contribution in [-0.4, -0.2) is 4.57 Å². The van der Waals surface area contributed by atoms with Crippen molar-refractivity contribution >= 4 is 43.4 Å². The highest BCUT2D eigenvalue weighted by atomic mass is 15.0. The second kappa shape index (κ2) is 10.9. The van der Waals surface area contributed by atoms with Crippen molar-refractivity contribution in [2.24, 2.45) is 0 Å². The van der Waals surface area contributed by atoms with Crippen LogP contribution in [0.15, 0.2) is 188 Å². The molecule has 0 radical (unpaired) electrons. The van der Waals surface area contributed by atoms with Crippen molar-refractivity contribution in [3.8, 4) is 61.3 Å². The van der Waals surface area contributed by atoms with Crippen LogP contribution < -0.4 is 0 Å². The first-order valence-corrected chi connectivity index (χ1v) is 17.7. The topological polar surface area (TPSA) is 4.93 Å². The smallest absolute Gasteiger partial charge is 0.0547 e. The molecule has 1 heterocycles. The summed E-state index contributed by atoms with van der Waals surface area (Å²) in [6.07, 6.45) is 0. The minimum Gasteiger partial charge on any atom is -0.309 e. The normalized spacial score (nSPS) is 11.9. The average Bonchev–Trinajstić information content (AvgIpc) is 3.71. The van der Waals surface area contributed by atoms with Crippen LogP contribution in [0.5, 0.6) is 0 Å². The molecular weight excluding hydrogens is 615 g/mol. The van der Waals surface area contributed by atoms with Gasteiger partial charge in [-0.15, -0.1) is 0 Å². The predicted molar refractivity (Wildman–Crippen MR) is 217 cm³/mol. The van der Waals surface area contributed by atoms with Gasteiger partial charge in [-0.05, 0) is 101 Å². The lowest BCUT2D eigenvalue weighted by Crippen LogP contribution is -1.93. The van der Waals surface area contributed by atoms with Gasteiger partial charge in [0, 0.05) is 16.5 Å². The Kier molecular flexibility index (Phi) is 6.02. The summed E-state index contributed by atoms with van der Waals surface area (Å²) in [5.41, 5.74) is 16.5. The molecular formula is C50H31N. The van der Waals surface area contributed by atoms with Crippen LogP contribution in [0.2, 0.25) is 0 Å². The molecule has 11 rings (SSSR count). The third-order valence-electron chi connectivity index (χ3n) is 10.9. The van der Waals surface area contributed by atoms with E-state index in [0.717, 1.165) is 0 Å². The van der Waals surface area contributed by atoms with Crippen LogP contribution in [0.1, 0.15) is 0 Å². The van der Waals surface area contributed by atoms with Crippen molar-refractivity contribution in [2.45, 2.75) is 0 Å². The third-order valence-corrected chi connectivity index (χ3v) is 10.9. The molecule has 1 aromatic heterocycles. The van der Waals surface area contributed by atoms with Gasteiger partial charge in [-0.2, -0.15) is 0 Å². The summed E-state index contributed by atoms with van der Waals surface area (Å²) in [4.78, 5) is 0. The van der Waals surface area contributed by atoms with Gasteiger partial charge in [0.05, 0.1) is 11.0 Å². The molecule has 0 aliphatic heterocycles. The molecule has 9 aromatic carbocycles. The number of aromatic nitrogens is 1. The molecule has 0 bridgehead atoms. The van der Waals surface area contributed by atoms with Crippen LogP contribution in [0.3, 0.4) is 0 Å². The first kappa shape index (κ1) is 28.2. The Balaban J connectivity index is 1.23. The Bertz CT molecular complexity index is 2900. The Morgan fingerprint density at radius 2 is 0.784 bits per heavy atom. The molecule has 10 aromatic rings. The maximum absolute atomic E-state index is 2.41. The molecule has 1 aliphatic rings. The number of fused-ring (bicyclic) bond motifs is 7. The molecule has 0 saturated carbocycles. The Hall–Kier alpha value is -6.70. The number of para-hydroxylation sites is 2. The monoisotopic (exact) mass is 645 g/mol. The van der Waals surface area contributed by atoms with Crippen molar-refractivity contribution < 1.29 is 0 Å². The quantitative estimate of drug-likeness (QED) is 0.179. The van der Waals surface area contributed by atoms with Crippen LogP contribution in [-0.2, 0) is 0 Å². The summed E-state index contributed by atoms with van der Waals surface area (Å²) < 4.78 is 2.41. The van der Waals surface area contributed by atoms with Gasteiger partial charge in [0.2, 0.25) is 0 Å². The lowest BCUT2D eigenvalue weighted by molar-refractivity contribution is 1.18. The zero-order valence-electron chi connectivity index (χ0n) is 27.8. The summed E-state index contributed by atoms with van der Waals surface area (Å²) in [7, 11) is 0. The minimum absolute atomic E-state index is 1.17. The number of hydrogen-bond acceptors (Lipinski definition) is 0. The molecule has 0 amide bonds. The summed E-state index contributed by atoms with van der Waals surface area (Å²) in [6.45, 7) is 0. The van der Waals surface area contributed by atoms with Crippen molar-refractivity contribution in [3.63, 3.8) is 0 Å². The van der Waals surface area contributed by atoms with Gasteiger partial charge in [0.1, 0.15) is 0 Å². The average molecular weight is 646 g/mol. The summed E-state index contributed by atoms with van der Waals surface area (Å²) >= 11 is 0. The second-order valence-corrected chi connectivity index (χ2v) is 13.6. The number of nitrogens with zero attached hydrogens (tertiary/aromatic N) is 1. The van der Waals surface area contributed by atoms with E-state index in [1.54, 1.807) is 0 Å². The van der Waals surface area contributed by atoms with Gasteiger partial charge in [0.25, 0.3) is 0 Å². The molecule has 0 spiro atoms. The van der Waals surface area contributed by atoms with Crippen molar-refractivity contribution in [1.29, 1.82) is 0 Å². The molecule has 0 N–H and O–H groups in total. The molecule has 1 heteroatoms. The molecule has 51 heavy (non-hydrogen) atoms. The summed E-state index contributed by atoms with van der Waals surface area (Å²) in [5, 5.41) is 7.72. The lowest BCUT2D eigenvalue weighted by Gasteiger charge is -2.20. The first-order valence-electron chi connectivity index (χ1n) is 17.7. The van der Waals surface area contributed by atoms with E-state index in [2.05, 4.69) is 193 Å². The van der Waals surface area contributed by atoms with E-state index in [1.165, 1.54) is 105 Å². The van der Waals surface area contributed by atoms with Crippen LogP contribution in [0.25, 0.3) is 105 Å². The SMILES string of the molecule is c1ccc(-c2c3c(c(-c4ccccc4)c4ccccc24)-c2ccc(-c4ccc5c6ccccc6n(-c6ccccc6)c5c4)c4cccc-3c24)cc1. The van der Waals surface area contributed by atoms with Crippen LogP contribution >= 0.6 is 0 Å². The van der Waals surface area contributed by atoms with Crippen LogP contribution in [0.4, 0.5) is 0 Å². The van der Waals surface area contributed by atoms with Crippen molar-refractivity contribution in [1.82, 2.24) is 4.57 Å². The number of hydrogen-bond donors (Lipinski definition) is 0. The fourth-order valence-corrected chi connectivity index (χ4v) is 8.85. The zero-order chi connectivity index (χ0) is 33.5. The van der Waals surface area contributed by atoms with Gasteiger partial charge < -0.3 is 4.57 Å². The molecule has 0 unspecified atom stereocenters. The Morgan fingerprint density at radius 3 is 1.45 bits per heavy atom. The van der Waals surface area contributed by atoms with E-state index in [-0.39, 0.29) is 0 Å². The fraction of sp³-hybridized carbons (Fsp3) is 0. The molecule has 1 nitrogen and oxygen atoms in total. The molecule has 1 aliphatic carbocycles. The lowest BCUT2D eigenvalue weighted by atomic mass is 9.82. The first-order chi connectivity index (χ1) is 25.3. The summed E-state index contributed by atoms with van der Waals surface area (Å²) in [6, 6.07) is 69.1. The maximum atomic E-state index is 2.41. The number of rotatable bonds is 4. The largest absolute Gasteiger partial charge is 0.309 e. The third kappa shape index (κ3) is 4.03. The van der Waals surface area contributed by atoms with E-state index in [0.29, 0.717) is 0 Å². The standard InChI is InChI=1S/C50H31N/c1-4-15-32(16-5-1)46-40-22-10-11-23-41(40)47(33-17-6-2-7-18-33)50-43-30-29-36(39-24-14-25-42(48(39)43)49(46)50)34-27-28-38-37-21-12-13-26-44(37)51(45(38)31-34)35-19-8-3-9-20-35/h1-31H. The summed E-state index contributed by atoms with van der Waals surface area (Å²) in [5.74, 6) is 0. The zero-order valence-corrected chi connectivity index (χ0v) is 27.8. The Morgan fingerprint density at radius 1 is 0.275 bits per heavy atom. The van der Waals surface area contributed by atoms with E-state index in [1.807, 2.05) is 0 Å². The van der Waals surface area contributed by atoms with Gasteiger partial charge in [-0.1, -0.05) is 164 Å².